The largest absolute Gasteiger partial charge is 0.469 e. The Hall–Kier alpha value is -1.89. The summed E-state index contributed by atoms with van der Waals surface area (Å²) in [6.45, 7) is 3.40. The lowest BCUT2D eigenvalue weighted by Gasteiger charge is -2.60. The predicted octanol–water partition coefficient (Wildman–Crippen LogP) is 1.63. The molecule has 0 amide bonds. The Morgan fingerprint density at radius 2 is 2.21 bits per heavy atom. The molecule has 5 aliphatic rings. The molecule has 1 spiro atoms. The molecule has 6 heteroatoms. The number of ether oxygens (including phenoxy) is 1. The van der Waals surface area contributed by atoms with E-state index in [1.165, 1.54) is 7.11 Å². The van der Waals surface area contributed by atoms with Crippen LogP contribution in [0.3, 0.4) is 0 Å². The number of allylic oxidation sites excluding steroid dienone is 1. The number of benzene rings is 1. The first-order chi connectivity index (χ1) is 13.5. The summed E-state index contributed by atoms with van der Waals surface area (Å²) in [5.74, 6) is -0.442. The van der Waals surface area contributed by atoms with E-state index in [0.29, 0.717) is 19.4 Å². The lowest BCUT2D eigenvalue weighted by Crippen LogP contribution is -2.74. The highest BCUT2D eigenvalue weighted by Crippen LogP contribution is 2.73. The molecular weight excluding hydrogens is 356 g/mol. The van der Waals surface area contributed by atoms with Gasteiger partial charge in [0.2, 0.25) is 0 Å². The van der Waals surface area contributed by atoms with Gasteiger partial charge in [0.15, 0.2) is 0 Å². The fraction of sp³-hybridized carbons (Fsp3) is 0.591. The fourth-order valence-electron chi connectivity index (χ4n) is 7.37. The average molecular weight is 384 g/mol. The van der Waals surface area contributed by atoms with Gasteiger partial charge in [-0.05, 0) is 37.8 Å². The highest BCUT2D eigenvalue weighted by molar-refractivity contribution is 5.85. The maximum absolute atomic E-state index is 13.6. The lowest BCUT2D eigenvalue weighted by atomic mass is 9.44. The van der Waals surface area contributed by atoms with Gasteiger partial charge in [0.25, 0.3) is 0 Å². The maximum Gasteiger partial charge on any atom is 0.313 e. The van der Waals surface area contributed by atoms with Gasteiger partial charge in [0.1, 0.15) is 5.66 Å². The third-order valence-corrected chi connectivity index (χ3v) is 8.16. The number of hydrogen-bond donors (Lipinski definition) is 3. The summed E-state index contributed by atoms with van der Waals surface area (Å²) in [4.78, 5) is 16.0. The van der Waals surface area contributed by atoms with E-state index >= 15 is 0 Å². The molecule has 6 atom stereocenters. The number of nitrogens with one attached hydrogen (secondary N) is 1. The van der Waals surface area contributed by atoms with E-state index in [0.717, 1.165) is 29.8 Å². The molecule has 6 nitrogen and oxygen atoms in total. The van der Waals surface area contributed by atoms with Gasteiger partial charge in [-0.1, -0.05) is 29.8 Å². The second-order valence-corrected chi connectivity index (χ2v) is 8.62. The molecule has 0 radical (unpaired) electrons. The molecule has 3 N–H and O–H groups in total. The van der Waals surface area contributed by atoms with Gasteiger partial charge in [0, 0.05) is 31.3 Å². The van der Waals surface area contributed by atoms with Gasteiger partial charge in [-0.3, -0.25) is 9.69 Å². The van der Waals surface area contributed by atoms with Crippen molar-refractivity contribution in [2.75, 3.05) is 32.1 Å². The molecule has 1 saturated carbocycles. The Kier molecular flexibility index (Phi) is 3.77. The number of carbonyl (C=O) groups excluding carboxylic acids is 1. The van der Waals surface area contributed by atoms with Crippen molar-refractivity contribution in [1.29, 1.82) is 0 Å². The average Bonchev–Trinajstić information content (AvgIpc) is 3.14. The van der Waals surface area contributed by atoms with Crippen LogP contribution in [0.5, 0.6) is 0 Å². The van der Waals surface area contributed by atoms with Crippen molar-refractivity contribution in [3.63, 3.8) is 0 Å². The number of aliphatic hydroxyl groups is 2. The van der Waals surface area contributed by atoms with Crippen LogP contribution in [-0.2, 0) is 14.9 Å². The number of esters is 1. The molecule has 6 rings (SSSR count). The molecule has 3 saturated heterocycles. The number of nitrogens with zero attached hydrogens (tertiary/aromatic N) is 1. The van der Waals surface area contributed by atoms with Gasteiger partial charge in [-0.15, -0.1) is 0 Å². The zero-order chi connectivity index (χ0) is 19.7. The summed E-state index contributed by atoms with van der Waals surface area (Å²) >= 11 is 0. The Bertz CT molecular complexity index is 870. The van der Waals surface area contributed by atoms with Crippen LogP contribution in [0.25, 0.3) is 0 Å². The number of methoxy groups -OCH3 is 1. The lowest BCUT2D eigenvalue weighted by molar-refractivity contribution is -0.180. The number of fused-ring (bicyclic) bond motifs is 3. The van der Waals surface area contributed by atoms with E-state index < -0.39 is 22.6 Å². The van der Waals surface area contributed by atoms with E-state index in [4.69, 9.17) is 4.74 Å². The van der Waals surface area contributed by atoms with E-state index in [-0.39, 0.29) is 18.5 Å². The third kappa shape index (κ3) is 1.66. The minimum absolute atomic E-state index is 0.0985. The van der Waals surface area contributed by atoms with Gasteiger partial charge < -0.3 is 20.3 Å². The van der Waals surface area contributed by atoms with Crippen LogP contribution in [0.4, 0.5) is 5.69 Å². The van der Waals surface area contributed by atoms with Gasteiger partial charge >= 0.3 is 5.97 Å². The van der Waals surface area contributed by atoms with Crippen LogP contribution in [0.2, 0.25) is 0 Å². The van der Waals surface area contributed by atoms with Gasteiger partial charge in [0.05, 0.1) is 24.0 Å². The number of carbonyl (C=O) groups is 1. The maximum atomic E-state index is 13.6. The summed E-state index contributed by atoms with van der Waals surface area (Å²) in [5.41, 5.74) is 0.852. The van der Waals surface area contributed by atoms with Crippen LogP contribution < -0.4 is 5.32 Å². The SMILES string of the molecule is C/C=C1/CN2CCC34c5ccccc5NC23C(O)CC1[C@]4(CCO)C(=O)OC. The molecule has 1 aromatic carbocycles. The van der Waals surface area contributed by atoms with Crippen molar-refractivity contribution in [3.05, 3.63) is 41.5 Å². The molecule has 0 aromatic heterocycles. The minimum Gasteiger partial charge on any atom is -0.469 e. The number of aliphatic hydroxyl groups excluding tert-OH is 2. The fourth-order valence-corrected chi connectivity index (χ4v) is 7.37. The first kappa shape index (κ1) is 18.2. The van der Waals surface area contributed by atoms with Crippen molar-refractivity contribution in [3.8, 4) is 0 Å². The zero-order valence-corrected chi connectivity index (χ0v) is 16.4. The number of hydrogen-bond acceptors (Lipinski definition) is 6. The monoisotopic (exact) mass is 384 g/mol. The van der Waals surface area contributed by atoms with E-state index in [1.807, 2.05) is 25.1 Å². The number of anilines is 1. The van der Waals surface area contributed by atoms with Crippen LogP contribution in [0.15, 0.2) is 35.9 Å². The van der Waals surface area contributed by atoms with Crippen LogP contribution in [0.1, 0.15) is 31.7 Å². The van der Waals surface area contributed by atoms with Crippen LogP contribution in [0, 0.1) is 11.3 Å². The molecule has 1 aromatic rings. The second kappa shape index (κ2) is 5.81. The van der Waals surface area contributed by atoms with Crippen molar-refractivity contribution < 1.29 is 19.7 Å². The molecule has 4 heterocycles. The molecule has 4 bridgehead atoms. The highest BCUT2D eigenvalue weighted by Gasteiger charge is 2.82. The third-order valence-electron chi connectivity index (χ3n) is 8.16. The molecular formula is C22H28N2O4. The molecule has 150 valence electrons. The van der Waals surface area contributed by atoms with E-state index in [1.54, 1.807) is 0 Å². The van der Waals surface area contributed by atoms with Crippen molar-refractivity contribution in [2.45, 2.75) is 43.4 Å². The predicted molar refractivity (Wildman–Crippen MR) is 105 cm³/mol. The standard InChI is InChI=1S/C22H28N2O4/c1-3-14-13-24-10-8-21-15-6-4-5-7-17(15)23-22(21,24)18(26)12-16(14)20(21,9-11-25)19(27)28-2/h3-7,16,18,23,25-26H,8-13H2,1-2H3/b14-3-/t16?,18?,20-,21?,22?/m1/s1. The van der Waals surface area contributed by atoms with E-state index in [9.17, 15) is 15.0 Å². The first-order valence-electron chi connectivity index (χ1n) is 10.2. The molecule has 5 unspecified atom stereocenters. The van der Waals surface area contributed by atoms with Crippen LogP contribution >= 0.6 is 0 Å². The number of rotatable bonds is 3. The molecule has 28 heavy (non-hydrogen) atoms. The van der Waals surface area contributed by atoms with Gasteiger partial charge in [-0.25, -0.2) is 0 Å². The van der Waals surface area contributed by atoms with E-state index in [2.05, 4.69) is 22.4 Å². The summed E-state index contributed by atoms with van der Waals surface area (Å²) in [6, 6.07) is 8.09. The topological polar surface area (TPSA) is 82.0 Å². The highest BCUT2D eigenvalue weighted by atomic mass is 16.5. The second-order valence-electron chi connectivity index (χ2n) is 8.62. The number of para-hydroxylation sites is 1. The van der Waals surface area contributed by atoms with Gasteiger partial charge in [-0.2, -0.15) is 0 Å². The summed E-state index contributed by atoms with van der Waals surface area (Å²) in [7, 11) is 1.44. The van der Waals surface area contributed by atoms with Crippen LogP contribution in [-0.4, -0.2) is 59.7 Å². The molecule has 4 fully saturated rings. The minimum atomic E-state index is -0.928. The Labute approximate surface area is 165 Å². The van der Waals surface area contributed by atoms with Crippen molar-refractivity contribution in [1.82, 2.24) is 4.90 Å². The Balaban J connectivity index is 1.92. The summed E-state index contributed by atoms with van der Waals surface area (Å²) in [5, 5.41) is 25.3. The van der Waals surface area contributed by atoms with Crippen molar-refractivity contribution >= 4 is 11.7 Å². The molecule has 1 aliphatic carbocycles. The first-order valence-corrected chi connectivity index (χ1v) is 10.2. The zero-order valence-electron chi connectivity index (χ0n) is 16.4. The smallest absolute Gasteiger partial charge is 0.313 e. The van der Waals surface area contributed by atoms with Crippen molar-refractivity contribution in [2.24, 2.45) is 11.3 Å². The normalized spacial score (nSPS) is 44.0. The molecule has 4 aliphatic heterocycles. The summed E-state index contributed by atoms with van der Waals surface area (Å²) < 4.78 is 5.44. The quantitative estimate of drug-likeness (QED) is 0.543. The Morgan fingerprint density at radius 3 is 2.93 bits per heavy atom. The summed E-state index contributed by atoms with van der Waals surface area (Å²) in [6.07, 6.45) is 3.01. The Morgan fingerprint density at radius 1 is 1.43 bits per heavy atom.